The molecule has 0 aliphatic heterocycles. The second-order valence-corrected chi connectivity index (χ2v) is 5.67. The molecular formula is C18H21NO3. The molecule has 0 fully saturated rings. The van der Waals surface area contributed by atoms with Crippen LogP contribution in [0.3, 0.4) is 0 Å². The van der Waals surface area contributed by atoms with Gasteiger partial charge in [0.25, 0.3) is 5.91 Å². The van der Waals surface area contributed by atoms with Crippen molar-refractivity contribution >= 4 is 22.6 Å². The van der Waals surface area contributed by atoms with E-state index in [2.05, 4.69) is 19.2 Å². The number of carbonyl (C=O) groups excluding carboxylic acids is 2. The van der Waals surface area contributed by atoms with E-state index in [0.29, 0.717) is 18.0 Å². The number of hydrogen-bond donors (Lipinski definition) is 1. The minimum Gasteiger partial charge on any atom is -0.452 e. The van der Waals surface area contributed by atoms with Gasteiger partial charge in [0.1, 0.15) is 0 Å². The van der Waals surface area contributed by atoms with Crippen molar-refractivity contribution in [3.63, 3.8) is 0 Å². The normalized spacial score (nSPS) is 10.7. The van der Waals surface area contributed by atoms with Crippen molar-refractivity contribution in [3.05, 3.63) is 48.0 Å². The highest BCUT2D eigenvalue weighted by Gasteiger charge is 2.10. The summed E-state index contributed by atoms with van der Waals surface area (Å²) in [5, 5.41) is 4.77. The van der Waals surface area contributed by atoms with Gasteiger partial charge in [-0.15, -0.1) is 0 Å². The fourth-order valence-electron chi connectivity index (χ4n) is 2.08. The summed E-state index contributed by atoms with van der Waals surface area (Å²) in [6.45, 7) is 4.53. The van der Waals surface area contributed by atoms with Crippen LogP contribution < -0.4 is 5.32 Å². The lowest BCUT2D eigenvalue weighted by atomic mass is 10.1. The van der Waals surface area contributed by atoms with Gasteiger partial charge < -0.3 is 10.1 Å². The molecule has 0 radical (unpaired) electrons. The number of benzene rings is 2. The number of carbonyl (C=O) groups is 2. The fraction of sp³-hybridized carbons (Fsp3) is 0.333. The summed E-state index contributed by atoms with van der Waals surface area (Å²) >= 11 is 0. The second-order valence-electron chi connectivity index (χ2n) is 5.67. The largest absolute Gasteiger partial charge is 0.452 e. The Bertz CT molecular complexity index is 664. The Balaban J connectivity index is 1.87. The van der Waals surface area contributed by atoms with Gasteiger partial charge in [0.05, 0.1) is 5.56 Å². The van der Waals surface area contributed by atoms with Crippen LogP contribution in [0.25, 0.3) is 10.8 Å². The molecule has 4 heteroatoms. The van der Waals surface area contributed by atoms with E-state index >= 15 is 0 Å². The Morgan fingerprint density at radius 1 is 1.09 bits per heavy atom. The van der Waals surface area contributed by atoms with E-state index in [1.54, 1.807) is 12.1 Å². The summed E-state index contributed by atoms with van der Waals surface area (Å²) in [4.78, 5) is 23.6. The first kappa shape index (κ1) is 16.0. The van der Waals surface area contributed by atoms with Gasteiger partial charge in [-0.2, -0.15) is 0 Å². The highest BCUT2D eigenvalue weighted by atomic mass is 16.5. The van der Waals surface area contributed by atoms with Gasteiger partial charge in [0, 0.05) is 6.54 Å². The number of hydrogen-bond acceptors (Lipinski definition) is 3. The standard InChI is InChI=1S/C18H21NO3/c1-13(2)9-10-19-17(20)12-22-18(21)16-8-7-14-5-3-4-6-15(14)11-16/h3-8,11,13H,9-10,12H2,1-2H3,(H,19,20). The second kappa shape index (κ2) is 7.59. The SMILES string of the molecule is CC(C)CCNC(=O)COC(=O)c1ccc2ccccc2c1. The van der Waals surface area contributed by atoms with Crippen molar-refractivity contribution in [1.29, 1.82) is 0 Å². The molecule has 0 aliphatic carbocycles. The Morgan fingerprint density at radius 3 is 2.55 bits per heavy atom. The summed E-state index contributed by atoms with van der Waals surface area (Å²) in [6.07, 6.45) is 0.907. The van der Waals surface area contributed by atoms with Crippen LogP contribution in [0.2, 0.25) is 0 Å². The van der Waals surface area contributed by atoms with E-state index in [9.17, 15) is 9.59 Å². The quantitative estimate of drug-likeness (QED) is 0.834. The summed E-state index contributed by atoms with van der Waals surface area (Å²) in [5.41, 5.74) is 0.452. The van der Waals surface area contributed by atoms with Crippen molar-refractivity contribution in [2.45, 2.75) is 20.3 Å². The van der Waals surface area contributed by atoms with Crippen molar-refractivity contribution < 1.29 is 14.3 Å². The topological polar surface area (TPSA) is 55.4 Å². The first-order valence-electron chi connectivity index (χ1n) is 7.49. The Labute approximate surface area is 130 Å². The first-order valence-corrected chi connectivity index (χ1v) is 7.49. The lowest BCUT2D eigenvalue weighted by molar-refractivity contribution is -0.124. The molecule has 2 aromatic carbocycles. The average molecular weight is 299 g/mol. The van der Waals surface area contributed by atoms with Gasteiger partial charge in [-0.3, -0.25) is 4.79 Å². The molecule has 0 aromatic heterocycles. The van der Waals surface area contributed by atoms with Gasteiger partial charge in [0.15, 0.2) is 6.61 Å². The Kier molecular flexibility index (Phi) is 5.53. The first-order chi connectivity index (χ1) is 10.6. The number of nitrogens with one attached hydrogen (secondary N) is 1. The molecule has 116 valence electrons. The molecule has 0 atom stereocenters. The molecule has 0 heterocycles. The molecule has 0 unspecified atom stereocenters. The van der Waals surface area contributed by atoms with Gasteiger partial charge >= 0.3 is 5.97 Å². The molecule has 0 spiro atoms. The molecule has 22 heavy (non-hydrogen) atoms. The number of ether oxygens (including phenoxy) is 1. The van der Waals surface area contributed by atoms with Gasteiger partial charge in [-0.25, -0.2) is 4.79 Å². The smallest absolute Gasteiger partial charge is 0.338 e. The highest BCUT2D eigenvalue weighted by molar-refractivity contribution is 5.96. The lowest BCUT2D eigenvalue weighted by Crippen LogP contribution is -2.30. The summed E-state index contributed by atoms with van der Waals surface area (Å²) in [7, 11) is 0. The molecular weight excluding hydrogens is 278 g/mol. The van der Waals surface area contributed by atoms with Gasteiger partial charge in [0.2, 0.25) is 0 Å². The van der Waals surface area contributed by atoms with Crippen LogP contribution in [-0.2, 0) is 9.53 Å². The van der Waals surface area contributed by atoms with Crippen LogP contribution in [0.1, 0.15) is 30.6 Å². The third kappa shape index (κ3) is 4.58. The Hall–Kier alpha value is -2.36. The zero-order valence-corrected chi connectivity index (χ0v) is 13.0. The number of fused-ring (bicyclic) bond motifs is 1. The summed E-state index contributed by atoms with van der Waals surface area (Å²) in [6, 6.07) is 13.1. The van der Waals surface area contributed by atoms with E-state index in [0.717, 1.165) is 17.2 Å². The third-order valence-electron chi connectivity index (χ3n) is 3.36. The Morgan fingerprint density at radius 2 is 1.82 bits per heavy atom. The molecule has 0 bridgehead atoms. The number of esters is 1. The van der Waals surface area contributed by atoms with E-state index in [1.165, 1.54) is 0 Å². The third-order valence-corrected chi connectivity index (χ3v) is 3.36. The zero-order chi connectivity index (χ0) is 15.9. The maximum Gasteiger partial charge on any atom is 0.338 e. The van der Waals surface area contributed by atoms with E-state index in [4.69, 9.17) is 4.74 Å². The maximum absolute atomic E-state index is 12.0. The molecule has 4 nitrogen and oxygen atoms in total. The van der Waals surface area contributed by atoms with E-state index in [-0.39, 0.29) is 12.5 Å². The highest BCUT2D eigenvalue weighted by Crippen LogP contribution is 2.16. The predicted molar refractivity (Wildman–Crippen MR) is 86.7 cm³/mol. The average Bonchev–Trinajstić information content (AvgIpc) is 2.51. The molecule has 1 amide bonds. The van der Waals surface area contributed by atoms with Crippen LogP contribution in [0, 0.1) is 5.92 Å². The van der Waals surface area contributed by atoms with Gasteiger partial charge in [-0.05, 0) is 35.2 Å². The van der Waals surface area contributed by atoms with Crippen LogP contribution in [-0.4, -0.2) is 25.0 Å². The fourth-order valence-corrected chi connectivity index (χ4v) is 2.08. The van der Waals surface area contributed by atoms with Crippen LogP contribution >= 0.6 is 0 Å². The van der Waals surface area contributed by atoms with Crippen molar-refractivity contribution in [2.75, 3.05) is 13.2 Å². The van der Waals surface area contributed by atoms with Crippen molar-refractivity contribution in [2.24, 2.45) is 5.92 Å². The van der Waals surface area contributed by atoms with Crippen LogP contribution in [0.4, 0.5) is 0 Å². The molecule has 0 aliphatic rings. The van der Waals surface area contributed by atoms with Crippen LogP contribution in [0.15, 0.2) is 42.5 Å². The molecule has 0 saturated carbocycles. The molecule has 0 saturated heterocycles. The predicted octanol–water partition coefficient (Wildman–Crippen LogP) is 3.16. The van der Waals surface area contributed by atoms with E-state index in [1.807, 2.05) is 30.3 Å². The number of rotatable bonds is 6. The summed E-state index contributed by atoms with van der Waals surface area (Å²) in [5.74, 6) is -0.222. The minimum atomic E-state index is -0.482. The minimum absolute atomic E-state index is 0.246. The lowest BCUT2D eigenvalue weighted by Gasteiger charge is -2.08. The van der Waals surface area contributed by atoms with Crippen LogP contribution in [0.5, 0.6) is 0 Å². The molecule has 2 rings (SSSR count). The molecule has 1 N–H and O–H groups in total. The monoisotopic (exact) mass is 299 g/mol. The summed E-state index contributed by atoms with van der Waals surface area (Å²) < 4.78 is 5.05. The van der Waals surface area contributed by atoms with Crippen molar-refractivity contribution in [3.8, 4) is 0 Å². The van der Waals surface area contributed by atoms with Gasteiger partial charge in [-0.1, -0.05) is 44.2 Å². The molecule has 2 aromatic rings. The zero-order valence-electron chi connectivity index (χ0n) is 13.0. The number of amides is 1. The maximum atomic E-state index is 12.0. The van der Waals surface area contributed by atoms with Crippen molar-refractivity contribution in [1.82, 2.24) is 5.32 Å². The van der Waals surface area contributed by atoms with E-state index < -0.39 is 5.97 Å².